The lowest BCUT2D eigenvalue weighted by molar-refractivity contribution is 0.224. The lowest BCUT2D eigenvalue weighted by Gasteiger charge is -2.20. The molecule has 25 heavy (non-hydrogen) atoms. The number of nitrogens with zero attached hydrogens (tertiary/aromatic N) is 5. The van der Waals surface area contributed by atoms with Crippen LogP contribution >= 0.6 is 0 Å². The predicted octanol–water partition coefficient (Wildman–Crippen LogP) is 2.38. The maximum atomic E-state index is 9.40. The molecule has 0 aromatic carbocycles. The molecular weight excluding hydrogens is 314 g/mol. The van der Waals surface area contributed by atoms with Crippen LogP contribution in [0, 0.1) is 18.3 Å². The SMILES string of the molecule is Cc1ccnc(N2CCC(Oc3ccnc(CN(C)C)c3)C2)c1C#N. The van der Waals surface area contributed by atoms with Crippen LogP contribution in [-0.2, 0) is 6.54 Å². The quantitative estimate of drug-likeness (QED) is 0.834. The summed E-state index contributed by atoms with van der Waals surface area (Å²) in [6.07, 6.45) is 4.54. The lowest BCUT2D eigenvalue weighted by Crippen LogP contribution is -2.26. The molecule has 3 heterocycles. The van der Waals surface area contributed by atoms with E-state index in [2.05, 4.69) is 25.8 Å². The molecule has 0 aliphatic carbocycles. The first-order valence-corrected chi connectivity index (χ1v) is 8.44. The summed E-state index contributed by atoms with van der Waals surface area (Å²) >= 11 is 0. The Morgan fingerprint density at radius 1 is 1.32 bits per heavy atom. The Labute approximate surface area is 148 Å². The molecule has 0 N–H and O–H groups in total. The van der Waals surface area contributed by atoms with Gasteiger partial charge in [0.15, 0.2) is 0 Å². The second-order valence-corrected chi connectivity index (χ2v) is 6.63. The van der Waals surface area contributed by atoms with Crippen LogP contribution in [0.15, 0.2) is 30.6 Å². The maximum Gasteiger partial charge on any atom is 0.146 e. The minimum Gasteiger partial charge on any atom is -0.488 e. The van der Waals surface area contributed by atoms with Crippen molar-refractivity contribution in [3.05, 3.63) is 47.4 Å². The molecule has 6 heteroatoms. The highest BCUT2D eigenvalue weighted by Gasteiger charge is 2.27. The third-order valence-corrected chi connectivity index (χ3v) is 4.26. The number of aryl methyl sites for hydroxylation is 1. The summed E-state index contributed by atoms with van der Waals surface area (Å²) in [5.41, 5.74) is 2.60. The van der Waals surface area contributed by atoms with Gasteiger partial charge in [0, 0.05) is 38.0 Å². The van der Waals surface area contributed by atoms with Crippen LogP contribution in [-0.4, -0.2) is 48.2 Å². The molecule has 1 fully saturated rings. The smallest absolute Gasteiger partial charge is 0.146 e. The Bertz CT molecular complexity index is 784. The number of hydrogen-bond acceptors (Lipinski definition) is 6. The molecule has 1 aliphatic rings. The summed E-state index contributed by atoms with van der Waals surface area (Å²) < 4.78 is 6.14. The zero-order valence-electron chi connectivity index (χ0n) is 14.9. The summed E-state index contributed by atoms with van der Waals surface area (Å²) in [6.45, 7) is 4.30. The normalized spacial score (nSPS) is 16.9. The molecule has 6 nitrogen and oxygen atoms in total. The van der Waals surface area contributed by atoms with Crippen molar-refractivity contribution in [2.24, 2.45) is 0 Å². The van der Waals surface area contributed by atoms with Crippen molar-refractivity contribution in [3.8, 4) is 11.8 Å². The first kappa shape index (κ1) is 17.2. The summed E-state index contributed by atoms with van der Waals surface area (Å²) in [5, 5.41) is 9.40. The van der Waals surface area contributed by atoms with Gasteiger partial charge in [-0.2, -0.15) is 5.26 Å². The van der Waals surface area contributed by atoms with E-state index >= 15 is 0 Å². The zero-order chi connectivity index (χ0) is 17.8. The van der Waals surface area contributed by atoms with Crippen LogP contribution in [0.4, 0.5) is 5.82 Å². The number of hydrogen-bond donors (Lipinski definition) is 0. The second-order valence-electron chi connectivity index (χ2n) is 6.63. The largest absolute Gasteiger partial charge is 0.488 e. The fourth-order valence-corrected chi connectivity index (χ4v) is 3.07. The van der Waals surface area contributed by atoms with E-state index in [4.69, 9.17) is 4.74 Å². The van der Waals surface area contributed by atoms with Crippen LogP contribution in [0.2, 0.25) is 0 Å². The Kier molecular flexibility index (Phi) is 5.15. The molecule has 0 bridgehead atoms. The average Bonchev–Trinajstić information content (AvgIpc) is 3.02. The highest BCUT2D eigenvalue weighted by atomic mass is 16.5. The van der Waals surface area contributed by atoms with Gasteiger partial charge in [-0.15, -0.1) is 0 Å². The molecule has 1 unspecified atom stereocenters. The Balaban J connectivity index is 1.68. The third kappa shape index (κ3) is 4.06. The Hall–Kier alpha value is -2.65. The number of pyridine rings is 2. The molecular formula is C19H23N5O. The van der Waals surface area contributed by atoms with Gasteiger partial charge in [-0.1, -0.05) is 0 Å². The van der Waals surface area contributed by atoms with Crippen molar-refractivity contribution >= 4 is 5.82 Å². The van der Waals surface area contributed by atoms with E-state index in [1.807, 2.05) is 39.2 Å². The topological polar surface area (TPSA) is 65.3 Å². The first-order valence-electron chi connectivity index (χ1n) is 8.44. The van der Waals surface area contributed by atoms with Gasteiger partial charge in [-0.25, -0.2) is 4.98 Å². The molecule has 0 amide bonds. The molecule has 0 radical (unpaired) electrons. The first-order chi connectivity index (χ1) is 12.1. The van der Waals surface area contributed by atoms with E-state index in [1.165, 1.54) is 0 Å². The van der Waals surface area contributed by atoms with Crippen molar-refractivity contribution in [1.82, 2.24) is 14.9 Å². The zero-order valence-corrected chi connectivity index (χ0v) is 14.9. The Morgan fingerprint density at radius 2 is 2.12 bits per heavy atom. The second kappa shape index (κ2) is 7.49. The number of nitriles is 1. The highest BCUT2D eigenvalue weighted by Crippen LogP contribution is 2.26. The summed E-state index contributed by atoms with van der Waals surface area (Å²) in [4.78, 5) is 13.0. The van der Waals surface area contributed by atoms with E-state index in [-0.39, 0.29) is 6.10 Å². The number of aromatic nitrogens is 2. The molecule has 0 saturated carbocycles. The van der Waals surface area contributed by atoms with E-state index in [1.54, 1.807) is 12.4 Å². The summed E-state index contributed by atoms with van der Waals surface area (Å²) in [7, 11) is 4.04. The van der Waals surface area contributed by atoms with Crippen LogP contribution < -0.4 is 9.64 Å². The van der Waals surface area contributed by atoms with Crippen LogP contribution in [0.5, 0.6) is 5.75 Å². The van der Waals surface area contributed by atoms with Gasteiger partial charge >= 0.3 is 0 Å². The average molecular weight is 337 g/mol. The van der Waals surface area contributed by atoms with Crippen molar-refractivity contribution < 1.29 is 4.74 Å². The molecule has 2 aromatic heterocycles. The molecule has 1 atom stereocenters. The molecule has 1 aliphatic heterocycles. The minimum atomic E-state index is 0.0865. The van der Waals surface area contributed by atoms with E-state index < -0.39 is 0 Å². The molecule has 2 aromatic rings. The van der Waals surface area contributed by atoms with Gasteiger partial charge in [-0.3, -0.25) is 4.98 Å². The predicted molar refractivity (Wildman–Crippen MR) is 96.6 cm³/mol. The van der Waals surface area contributed by atoms with Gasteiger partial charge < -0.3 is 14.5 Å². The van der Waals surface area contributed by atoms with Gasteiger partial charge in [-0.05, 0) is 38.7 Å². The molecule has 0 spiro atoms. The fraction of sp³-hybridized carbons (Fsp3) is 0.421. The van der Waals surface area contributed by atoms with E-state index in [0.29, 0.717) is 5.56 Å². The standard InChI is InChI=1S/C19H23N5O/c1-14-4-7-22-19(18(14)11-20)24-9-6-17(13-24)25-16-5-8-21-15(10-16)12-23(2)3/h4-5,7-8,10,17H,6,9,12-13H2,1-3H3. The van der Waals surface area contributed by atoms with Crippen LogP contribution in [0.1, 0.15) is 23.2 Å². The minimum absolute atomic E-state index is 0.0865. The van der Waals surface area contributed by atoms with Crippen molar-refractivity contribution in [3.63, 3.8) is 0 Å². The fourth-order valence-electron chi connectivity index (χ4n) is 3.07. The van der Waals surface area contributed by atoms with Gasteiger partial charge in [0.05, 0.1) is 17.8 Å². The number of rotatable bonds is 5. The number of ether oxygens (including phenoxy) is 1. The van der Waals surface area contributed by atoms with Gasteiger partial charge in [0.1, 0.15) is 23.7 Å². The molecule has 1 saturated heterocycles. The van der Waals surface area contributed by atoms with Crippen LogP contribution in [0.25, 0.3) is 0 Å². The molecule has 3 rings (SSSR count). The highest BCUT2D eigenvalue weighted by molar-refractivity contribution is 5.57. The maximum absolute atomic E-state index is 9.40. The molecule has 130 valence electrons. The lowest BCUT2D eigenvalue weighted by atomic mass is 10.1. The summed E-state index contributed by atoms with van der Waals surface area (Å²) in [6, 6.07) is 8.03. The van der Waals surface area contributed by atoms with Gasteiger partial charge in [0.2, 0.25) is 0 Å². The van der Waals surface area contributed by atoms with Crippen molar-refractivity contribution in [2.45, 2.75) is 26.0 Å². The number of anilines is 1. The van der Waals surface area contributed by atoms with E-state index in [9.17, 15) is 5.26 Å². The monoisotopic (exact) mass is 337 g/mol. The van der Waals surface area contributed by atoms with Crippen LogP contribution in [0.3, 0.4) is 0 Å². The van der Waals surface area contributed by atoms with E-state index in [0.717, 1.165) is 48.9 Å². The Morgan fingerprint density at radius 3 is 2.88 bits per heavy atom. The van der Waals surface area contributed by atoms with Crippen molar-refractivity contribution in [2.75, 3.05) is 32.1 Å². The summed E-state index contributed by atoms with van der Waals surface area (Å²) in [5.74, 6) is 1.60. The third-order valence-electron chi connectivity index (χ3n) is 4.26. The van der Waals surface area contributed by atoms with Crippen molar-refractivity contribution in [1.29, 1.82) is 5.26 Å². The van der Waals surface area contributed by atoms with Gasteiger partial charge in [0.25, 0.3) is 0 Å².